The number of anilines is 1. The van der Waals surface area contributed by atoms with Gasteiger partial charge in [-0.25, -0.2) is 0 Å². The highest BCUT2D eigenvalue weighted by atomic mass is 16.5. The van der Waals surface area contributed by atoms with E-state index in [1.165, 1.54) is 0 Å². The van der Waals surface area contributed by atoms with Gasteiger partial charge in [-0.1, -0.05) is 24.3 Å². The van der Waals surface area contributed by atoms with Gasteiger partial charge in [0.05, 0.1) is 20.0 Å². The van der Waals surface area contributed by atoms with Gasteiger partial charge in [-0.05, 0) is 48.2 Å². The largest absolute Gasteiger partial charge is 0.497 e. The van der Waals surface area contributed by atoms with Crippen LogP contribution in [0.5, 0.6) is 5.75 Å². The second kappa shape index (κ2) is 8.52. The summed E-state index contributed by atoms with van der Waals surface area (Å²) in [5, 5.41) is 2.89. The number of ether oxygens (including phenoxy) is 1. The molecule has 0 spiro atoms. The van der Waals surface area contributed by atoms with Crippen molar-refractivity contribution in [3.05, 3.63) is 59.7 Å². The van der Waals surface area contributed by atoms with Crippen LogP contribution in [0.4, 0.5) is 5.69 Å². The number of carbonyl (C=O) groups excluding carboxylic acids is 2. The summed E-state index contributed by atoms with van der Waals surface area (Å²) >= 11 is 0. The van der Waals surface area contributed by atoms with Crippen LogP contribution in [0.3, 0.4) is 0 Å². The minimum atomic E-state index is -0.0841. The summed E-state index contributed by atoms with van der Waals surface area (Å²) in [6.07, 6.45) is 2.90. The molecule has 5 heteroatoms. The number of hydrogen-bond donors (Lipinski definition) is 1. The minimum absolute atomic E-state index is 0.0841. The molecule has 1 N–H and O–H groups in total. The molecule has 1 aliphatic rings. The van der Waals surface area contributed by atoms with Crippen molar-refractivity contribution in [3.8, 4) is 5.75 Å². The third kappa shape index (κ3) is 4.85. The second-order valence-electron chi connectivity index (χ2n) is 6.54. The van der Waals surface area contributed by atoms with Gasteiger partial charge < -0.3 is 15.0 Å². The Morgan fingerprint density at radius 1 is 1.00 bits per heavy atom. The molecule has 136 valence electrons. The van der Waals surface area contributed by atoms with Gasteiger partial charge in [0, 0.05) is 18.8 Å². The Morgan fingerprint density at radius 2 is 1.73 bits per heavy atom. The molecule has 1 saturated heterocycles. The molecule has 26 heavy (non-hydrogen) atoms. The Bertz CT molecular complexity index is 765. The number of methoxy groups -OCH3 is 1. The number of hydrogen-bond acceptors (Lipinski definition) is 3. The van der Waals surface area contributed by atoms with E-state index >= 15 is 0 Å². The molecular formula is C21H24N2O3. The Labute approximate surface area is 154 Å². The fourth-order valence-corrected chi connectivity index (χ4v) is 3.13. The van der Waals surface area contributed by atoms with Crippen LogP contribution in [-0.4, -0.2) is 36.9 Å². The van der Waals surface area contributed by atoms with Crippen LogP contribution in [-0.2, 0) is 22.4 Å². The van der Waals surface area contributed by atoms with Crippen LogP contribution in [0.15, 0.2) is 48.5 Å². The lowest BCUT2D eigenvalue weighted by atomic mass is 10.1. The van der Waals surface area contributed by atoms with E-state index in [-0.39, 0.29) is 18.2 Å². The molecule has 1 aliphatic heterocycles. The van der Waals surface area contributed by atoms with Crippen molar-refractivity contribution in [1.82, 2.24) is 4.90 Å². The first kappa shape index (κ1) is 18.0. The van der Waals surface area contributed by atoms with E-state index in [0.29, 0.717) is 6.42 Å². The number of nitrogens with one attached hydrogen (secondary N) is 1. The van der Waals surface area contributed by atoms with Gasteiger partial charge in [-0.2, -0.15) is 0 Å². The Kier molecular flexibility index (Phi) is 5.89. The maximum Gasteiger partial charge on any atom is 0.228 e. The quantitative estimate of drug-likeness (QED) is 0.869. The molecule has 3 rings (SSSR count). The zero-order valence-corrected chi connectivity index (χ0v) is 15.0. The summed E-state index contributed by atoms with van der Waals surface area (Å²) in [7, 11) is 1.61. The van der Waals surface area contributed by atoms with Crippen molar-refractivity contribution in [2.24, 2.45) is 0 Å². The van der Waals surface area contributed by atoms with Gasteiger partial charge in [-0.3, -0.25) is 9.59 Å². The monoisotopic (exact) mass is 352 g/mol. The van der Waals surface area contributed by atoms with Crippen molar-refractivity contribution in [2.45, 2.75) is 25.7 Å². The van der Waals surface area contributed by atoms with Gasteiger partial charge >= 0.3 is 0 Å². The first-order valence-corrected chi connectivity index (χ1v) is 8.93. The molecule has 5 nitrogen and oxygen atoms in total. The van der Waals surface area contributed by atoms with Crippen molar-refractivity contribution in [3.63, 3.8) is 0 Å². The van der Waals surface area contributed by atoms with Gasteiger partial charge in [0.15, 0.2) is 0 Å². The molecule has 2 amide bonds. The molecule has 0 aromatic heterocycles. The van der Waals surface area contributed by atoms with E-state index in [9.17, 15) is 9.59 Å². The first-order chi connectivity index (χ1) is 12.6. The molecule has 0 atom stereocenters. The number of benzene rings is 2. The molecule has 0 bridgehead atoms. The number of rotatable bonds is 6. The SMILES string of the molecule is COc1cccc(CC(=O)Nc2ccc(CC(=O)N3CCCC3)cc2)c1. The maximum absolute atomic E-state index is 12.2. The van der Waals surface area contributed by atoms with Crippen LogP contribution in [0.1, 0.15) is 24.0 Å². The molecule has 0 aliphatic carbocycles. The number of nitrogens with zero attached hydrogens (tertiary/aromatic N) is 1. The van der Waals surface area contributed by atoms with Gasteiger partial charge in [0.1, 0.15) is 5.75 Å². The molecule has 1 heterocycles. The third-order valence-corrected chi connectivity index (χ3v) is 4.55. The minimum Gasteiger partial charge on any atom is -0.497 e. The summed E-state index contributed by atoms with van der Waals surface area (Å²) in [6.45, 7) is 1.74. The lowest BCUT2D eigenvalue weighted by Crippen LogP contribution is -2.29. The lowest BCUT2D eigenvalue weighted by Gasteiger charge is -2.15. The van der Waals surface area contributed by atoms with Gasteiger partial charge in [0.25, 0.3) is 0 Å². The van der Waals surface area contributed by atoms with Crippen molar-refractivity contribution in [1.29, 1.82) is 0 Å². The van der Waals surface area contributed by atoms with Crippen LogP contribution in [0.25, 0.3) is 0 Å². The normalized spacial score (nSPS) is 13.5. The van der Waals surface area contributed by atoms with Crippen LogP contribution < -0.4 is 10.1 Å². The topological polar surface area (TPSA) is 58.6 Å². The van der Waals surface area contributed by atoms with Crippen molar-refractivity contribution >= 4 is 17.5 Å². The predicted molar refractivity (Wildman–Crippen MR) is 101 cm³/mol. The fourth-order valence-electron chi connectivity index (χ4n) is 3.13. The van der Waals surface area contributed by atoms with E-state index < -0.39 is 0 Å². The molecule has 1 fully saturated rings. The summed E-state index contributed by atoms with van der Waals surface area (Å²) in [6, 6.07) is 15.0. The Morgan fingerprint density at radius 3 is 2.42 bits per heavy atom. The number of likely N-dealkylation sites (tertiary alicyclic amines) is 1. The van der Waals surface area contributed by atoms with Crippen molar-refractivity contribution in [2.75, 3.05) is 25.5 Å². The third-order valence-electron chi connectivity index (χ3n) is 4.55. The second-order valence-corrected chi connectivity index (χ2v) is 6.54. The smallest absolute Gasteiger partial charge is 0.228 e. The van der Waals surface area contributed by atoms with E-state index in [4.69, 9.17) is 4.74 Å². The first-order valence-electron chi connectivity index (χ1n) is 8.93. The zero-order valence-electron chi connectivity index (χ0n) is 15.0. The van der Waals surface area contributed by atoms with Crippen LogP contribution in [0, 0.1) is 0 Å². The number of amides is 2. The summed E-state index contributed by atoms with van der Waals surface area (Å²) in [5.74, 6) is 0.832. The lowest BCUT2D eigenvalue weighted by molar-refractivity contribution is -0.129. The molecule has 0 saturated carbocycles. The molecule has 2 aromatic rings. The highest BCUT2D eigenvalue weighted by Gasteiger charge is 2.17. The predicted octanol–water partition coefficient (Wildman–Crippen LogP) is 3.04. The highest BCUT2D eigenvalue weighted by molar-refractivity contribution is 5.92. The molecule has 2 aromatic carbocycles. The van der Waals surface area contributed by atoms with Gasteiger partial charge in [0.2, 0.25) is 11.8 Å². The highest BCUT2D eigenvalue weighted by Crippen LogP contribution is 2.16. The Hall–Kier alpha value is -2.82. The average molecular weight is 352 g/mol. The molecule has 0 radical (unpaired) electrons. The Balaban J connectivity index is 1.53. The summed E-state index contributed by atoms with van der Waals surface area (Å²) in [4.78, 5) is 26.3. The van der Waals surface area contributed by atoms with E-state index in [2.05, 4.69) is 5.32 Å². The van der Waals surface area contributed by atoms with Crippen LogP contribution >= 0.6 is 0 Å². The van der Waals surface area contributed by atoms with E-state index in [1.807, 2.05) is 53.4 Å². The van der Waals surface area contributed by atoms with E-state index in [1.54, 1.807) is 7.11 Å². The zero-order chi connectivity index (χ0) is 18.4. The fraction of sp³-hybridized carbons (Fsp3) is 0.333. The average Bonchev–Trinajstić information content (AvgIpc) is 3.18. The standard InChI is InChI=1S/C21H24N2O3/c1-26-19-6-4-5-17(13-19)14-20(24)22-18-9-7-16(8-10-18)15-21(25)23-11-2-3-12-23/h4-10,13H,2-3,11-12,14-15H2,1H3,(H,22,24). The van der Waals surface area contributed by atoms with E-state index in [0.717, 1.165) is 48.5 Å². The summed E-state index contributed by atoms with van der Waals surface area (Å²) in [5.41, 5.74) is 2.60. The summed E-state index contributed by atoms with van der Waals surface area (Å²) < 4.78 is 5.17. The van der Waals surface area contributed by atoms with Crippen LogP contribution in [0.2, 0.25) is 0 Å². The van der Waals surface area contributed by atoms with Gasteiger partial charge in [-0.15, -0.1) is 0 Å². The molecular weight excluding hydrogens is 328 g/mol. The molecule has 0 unspecified atom stereocenters. The maximum atomic E-state index is 12.2. The van der Waals surface area contributed by atoms with Crippen molar-refractivity contribution < 1.29 is 14.3 Å². The number of carbonyl (C=O) groups is 2.